The van der Waals surface area contributed by atoms with E-state index in [2.05, 4.69) is 9.80 Å². The first kappa shape index (κ1) is 28.6. The van der Waals surface area contributed by atoms with Gasteiger partial charge < -0.3 is 14.7 Å². The quantitative estimate of drug-likeness (QED) is 0.358. The Labute approximate surface area is 243 Å². The zero-order valence-electron chi connectivity index (χ0n) is 22.7. The lowest BCUT2D eigenvalue weighted by Crippen LogP contribution is -2.55. The number of nitrogens with zero attached hydrogens (tertiary/aromatic N) is 6. The summed E-state index contributed by atoms with van der Waals surface area (Å²) in [5, 5.41) is 15.2. The topological polar surface area (TPSA) is 114 Å². The highest BCUT2D eigenvalue weighted by atomic mass is 35.5. The molecule has 0 amide bonds. The van der Waals surface area contributed by atoms with E-state index in [9.17, 15) is 14.7 Å². The summed E-state index contributed by atoms with van der Waals surface area (Å²) in [7, 11) is 0. The molecule has 3 aromatic rings. The molecule has 1 aromatic carbocycles. The Kier molecular flexibility index (Phi) is 8.77. The van der Waals surface area contributed by atoms with E-state index in [-0.39, 0.29) is 30.3 Å². The molecule has 5 rings (SSSR count). The van der Waals surface area contributed by atoms with Gasteiger partial charge in [0, 0.05) is 48.1 Å². The van der Waals surface area contributed by atoms with E-state index in [0.717, 1.165) is 61.5 Å². The van der Waals surface area contributed by atoms with Crippen LogP contribution in [0.4, 0.5) is 5.82 Å². The number of rotatable bonds is 9. The Morgan fingerprint density at radius 2 is 2.08 bits per heavy atom. The van der Waals surface area contributed by atoms with Crippen LogP contribution in [0.15, 0.2) is 24.4 Å². The summed E-state index contributed by atoms with van der Waals surface area (Å²) in [5.41, 5.74) is 3.07. The largest absolute Gasteiger partial charge is 0.481 e. The summed E-state index contributed by atoms with van der Waals surface area (Å²) in [6.45, 7) is 7.80. The third-order valence-electron chi connectivity index (χ3n) is 8.22. The number of likely N-dealkylation sites (tertiary alicyclic amines) is 1. The van der Waals surface area contributed by atoms with Gasteiger partial charge in [-0.05, 0) is 63.3 Å². The van der Waals surface area contributed by atoms with Crippen LogP contribution in [0.1, 0.15) is 49.9 Å². The molecule has 2 aliphatic rings. The van der Waals surface area contributed by atoms with E-state index in [1.807, 2.05) is 30.7 Å². The maximum atomic E-state index is 11.3. The highest BCUT2D eigenvalue weighted by molar-refractivity contribution is 6.35. The maximum Gasteiger partial charge on any atom is 0.303 e. The number of benzene rings is 1. The number of piperidine rings is 2. The van der Waals surface area contributed by atoms with Gasteiger partial charge >= 0.3 is 5.97 Å². The van der Waals surface area contributed by atoms with Gasteiger partial charge in [0.25, 0.3) is 6.47 Å². The summed E-state index contributed by atoms with van der Waals surface area (Å²) in [6, 6.07) is 5.45. The molecule has 10 nitrogen and oxygen atoms in total. The summed E-state index contributed by atoms with van der Waals surface area (Å²) in [6.07, 6.45) is 4.72. The monoisotopic (exact) mass is 588 g/mol. The van der Waals surface area contributed by atoms with Crippen molar-refractivity contribution in [3.63, 3.8) is 0 Å². The first-order valence-electron chi connectivity index (χ1n) is 13.7. The van der Waals surface area contributed by atoms with Gasteiger partial charge in [-0.3, -0.25) is 14.5 Å². The molecule has 0 bridgehead atoms. The Balaban J connectivity index is 1.39. The second-order valence-corrected chi connectivity index (χ2v) is 11.7. The Morgan fingerprint density at radius 1 is 1.25 bits per heavy atom. The molecule has 2 aliphatic heterocycles. The van der Waals surface area contributed by atoms with Crippen molar-refractivity contribution in [2.75, 3.05) is 37.7 Å². The van der Waals surface area contributed by atoms with Crippen molar-refractivity contribution < 1.29 is 19.4 Å². The standard InChI is InChI=1S/C28H34Cl2N6O4/c1-17-27-28(36(33-17)18(2)22-6-5-21(29)11-23(22)30)32-25(12-31-27)35-9-7-24(20(14-35)15-40-16-37)34-8-3-4-19(13-34)10-26(38)39/h5-6,11-12,16,18-20,24H,3-4,7-10,13-15H2,1-2H3,(H,38,39)/t18?,19?,20-,24-/m0/s1. The number of carboxylic acids is 1. The predicted molar refractivity (Wildman–Crippen MR) is 153 cm³/mol. The number of aliphatic carboxylic acids is 1. The molecular weight excluding hydrogens is 555 g/mol. The number of carbonyl (C=O) groups excluding carboxylic acids is 1. The first-order valence-corrected chi connectivity index (χ1v) is 14.4. The van der Waals surface area contributed by atoms with Gasteiger partial charge in [0.2, 0.25) is 0 Å². The molecule has 4 heterocycles. The van der Waals surface area contributed by atoms with Gasteiger partial charge in [0.1, 0.15) is 11.3 Å². The third kappa shape index (κ3) is 6.04. The molecule has 0 saturated carbocycles. The molecule has 2 fully saturated rings. The molecule has 0 aliphatic carbocycles. The van der Waals surface area contributed by atoms with E-state index in [1.165, 1.54) is 0 Å². The van der Waals surface area contributed by atoms with Crippen molar-refractivity contribution in [1.29, 1.82) is 0 Å². The summed E-state index contributed by atoms with van der Waals surface area (Å²) in [5.74, 6) is 0.182. The Hall–Kier alpha value is -2.95. The molecule has 2 saturated heterocycles. The number of aromatic nitrogens is 4. The van der Waals surface area contributed by atoms with Gasteiger partial charge in [-0.2, -0.15) is 5.10 Å². The Bertz CT molecular complexity index is 1380. The van der Waals surface area contributed by atoms with Gasteiger partial charge in [-0.15, -0.1) is 0 Å². The van der Waals surface area contributed by atoms with Crippen LogP contribution in [0.5, 0.6) is 0 Å². The smallest absolute Gasteiger partial charge is 0.303 e. The van der Waals surface area contributed by atoms with Crippen LogP contribution in [-0.4, -0.2) is 81.0 Å². The minimum absolute atomic E-state index is 0.0541. The van der Waals surface area contributed by atoms with Gasteiger partial charge in [0.15, 0.2) is 5.65 Å². The lowest BCUT2D eigenvalue weighted by atomic mass is 9.87. The van der Waals surface area contributed by atoms with Crippen molar-refractivity contribution in [3.05, 3.63) is 45.7 Å². The normalized spacial score (nSPS) is 22.8. The van der Waals surface area contributed by atoms with E-state index in [1.54, 1.807) is 12.3 Å². The number of anilines is 1. The molecule has 0 radical (unpaired) electrons. The molecular formula is C28H34Cl2N6O4. The van der Waals surface area contributed by atoms with Crippen molar-refractivity contribution in [2.24, 2.45) is 11.8 Å². The molecule has 12 heteroatoms. The molecule has 1 N–H and O–H groups in total. The maximum absolute atomic E-state index is 11.3. The van der Waals surface area contributed by atoms with Crippen LogP contribution in [-0.2, 0) is 14.3 Å². The van der Waals surface area contributed by atoms with Crippen LogP contribution < -0.4 is 4.90 Å². The number of fused-ring (bicyclic) bond motifs is 1. The molecule has 2 unspecified atom stereocenters. The second-order valence-electron chi connectivity index (χ2n) is 10.9. The van der Waals surface area contributed by atoms with E-state index >= 15 is 0 Å². The van der Waals surface area contributed by atoms with Crippen LogP contribution in [0.25, 0.3) is 11.2 Å². The lowest BCUT2D eigenvalue weighted by Gasteiger charge is -2.46. The zero-order valence-corrected chi connectivity index (χ0v) is 24.2. The van der Waals surface area contributed by atoms with Crippen molar-refractivity contribution in [3.8, 4) is 0 Å². The van der Waals surface area contributed by atoms with E-state index in [4.69, 9.17) is 43.0 Å². The number of hydrogen-bond acceptors (Lipinski definition) is 8. The number of halogens is 2. The number of aryl methyl sites for hydroxylation is 1. The number of carboxylic acid groups (broad SMARTS) is 1. The highest BCUT2D eigenvalue weighted by Gasteiger charge is 2.37. The number of hydrogen-bond donors (Lipinski definition) is 1. The second kappa shape index (κ2) is 12.3. The summed E-state index contributed by atoms with van der Waals surface area (Å²) in [4.78, 5) is 36.7. The third-order valence-corrected chi connectivity index (χ3v) is 8.78. The minimum atomic E-state index is -0.751. The lowest BCUT2D eigenvalue weighted by molar-refractivity contribution is -0.139. The SMILES string of the molecule is Cc1nn(C(C)c2ccc(Cl)cc2Cl)c2nc(N3CC[C@H](N4CCCC(CC(=O)O)C4)[C@H](COC=O)C3)cnc12. The fraction of sp³-hybridized carbons (Fsp3) is 0.536. The van der Waals surface area contributed by atoms with E-state index < -0.39 is 5.97 Å². The minimum Gasteiger partial charge on any atom is -0.481 e. The molecule has 4 atom stereocenters. The van der Waals surface area contributed by atoms with Gasteiger partial charge in [-0.1, -0.05) is 29.3 Å². The van der Waals surface area contributed by atoms with Crippen LogP contribution in [0.3, 0.4) is 0 Å². The summed E-state index contributed by atoms with van der Waals surface area (Å²) >= 11 is 12.6. The van der Waals surface area contributed by atoms with Crippen molar-refractivity contribution in [1.82, 2.24) is 24.6 Å². The first-order chi connectivity index (χ1) is 19.2. The van der Waals surface area contributed by atoms with Crippen molar-refractivity contribution in [2.45, 2.75) is 51.6 Å². The van der Waals surface area contributed by atoms with Crippen LogP contribution in [0.2, 0.25) is 10.0 Å². The Morgan fingerprint density at radius 3 is 2.83 bits per heavy atom. The van der Waals surface area contributed by atoms with Crippen LogP contribution in [0, 0.1) is 18.8 Å². The predicted octanol–water partition coefficient (Wildman–Crippen LogP) is 4.61. The average molecular weight is 590 g/mol. The molecule has 2 aromatic heterocycles. The fourth-order valence-electron chi connectivity index (χ4n) is 6.28. The number of carbonyl (C=O) groups is 2. The fourth-order valence-corrected chi connectivity index (χ4v) is 6.85. The molecule has 40 heavy (non-hydrogen) atoms. The highest BCUT2D eigenvalue weighted by Crippen LogP contribution is 2.33. The van der Waals surface area contributed by atoms with E-state index in [0.29, 0.717) is 35.3 Å². The zero-order chi connectivity index (χ0) is 28.4. The summed E-state index contributed by atoms with van der Waals surface area (Å²) < 4.78 is 7.12. The van der Waals surface area contributed by atoms with Crippen LogP contribution >= 0.6 is 23.2 Å². The van der Waals surface area contributed by atoms with Crippen molar-refractivity contribution >= 4 is 52.6 Å². The van der Waals surface area contributed by atoms with Gasteiger partial charge in [-0.25, -0.2) is 14.6 Å². The molecule has 0 spiro atoms. The molecule has 214 valence electrons. The van der Waals surface area contributed by atoms with Gasteiger partial charge in [0.05, 0.1) is 24.5 Å². The average Bonchev–Trinajstić information content (AvgIpc) is 3.27. The number of ether oxygens (including phenoxy) is 1.